The van der Waals surface area contributed by atoms with E-state index >= 15 is 0 Å². The molecule has 6 nitrogen and oxygen atoms in total. The first-order chi connectivity index (χ1) is 10.6. The van der Waals surface area contributed by atoms with Crippen molar-refractivity contribution in [3.8, 4) is 0 Å². The fraction of sp³-hybridized carbons (Fsp3) is 0.533. The van der Waals surface area contributed by atoms with E-state index in [0.717, 1.165) is 36.9 Å². The Morgan fingerprint density at radius 3 is 3.18 bits per heavy atom. The first-order valence-electron chi connectivity index (χ1n) is 7.57. The molecule has 118 valence electrons. The van der Waals surface area contributed by atoms with E-state index in [-0.39, 0.29) is 11.8 Å². The number of nitrogens with one attached hydrogen (secondary N) is 1. The van der Waals surface area contributed by atoms with Gasteiger partial charge in [-0.15, -0.1) is 0 Å². The average Bonchev–Trinajstić information content (AvgIpc) is 3.14. The third-order valence-electron chi connectivity index (χ3n) is 3.66. The van der Waals surface area contributed by atoms with Crippen molar-refractivity contribution in [3.05, 3.63) is 28.6 Å². The Morgan fingerprint density at radius 2 is 2.41 bits per heavy atom. The molecule has 0 saturated carbocycles. The lowest BCUT2D eigenvalue weighted by Crippen LogP contribution is -2.32. The first-order valence-corrected chi connectivity index (χ1v) is 8.45. The smallest absolute Gasteiger partial charge is 0.273 e. The van der Waals surface area contributed by atoms with Crippen molar-refractivity contribution in [1.82, 2.24) is 15.4 Å². The summed E-state index contributed by atoms with van der Waals surface area (Å²) in [6.07, 6.45) is 1.89. The Morgan fingerprint density at radius 1 is 1.55 bits per heavy atom. The highest BCUT2D eigenvalue weighted by Gasteiger charge is 2.24. The van der Waals surface area contributed by atoms with Crippen molar-refractivity contribution in [2.24, 2.45) is 4.99 Å². The first kappa shape index (κ1) is 15.1. The van der Waals surface area contributed by atoms with E-state index in [4.69, 9.17) is 4.52 Å². The van der Waals surface area contributed by atoms with Crippen molar-refractivity contribution in [2.75, 3.05) is 19.6 Å². The molecule has 3 rings (SSSR count). The summed E-state index contributed by atoms with van der Waals surface area (Å²) >= 11 is 1.67. The molecule has 1 amide bonds. The van der Waals surface area contributed by atoms with Gasteiger partial charge in [-0.3, -0.25) is 9.79 Å². The highest BCUT2D eigenvalue weighted by Crippen LogP contribution is 2.30. The molecule has 2 aliphatic rings. The molecule has 1 aromatic heterocycles. The predicted octanol–water partition coefficient (Wildman–Crippen LogP) is 2.57. The maximum Gasteiger partial charge on any atom is 0.273 e. The van der Waals surface area contributed by atoms with Crippen LogP contribution in [0.15, 0.2) is 26.7 Å². The van der Waals surface area contributed by atoms with Crippen LogP contribution in [-0.4, -0.2) is 40.8 Å². The Kier molecular flexibility index (Phi) is 4.52. The number of aliphatic imine (C=N–C) groups is 1. The number of amidine groups is 1. The minimum atomic E-state index is -0.186. The second kappa shape index (κ2) is 6.56. The lowest BCUT2D eigenvalue weighted by atomic mass is 10.1. The number of aromatic nitrogens is 1. The molecule has 2 aliphatic heterocycles. The number of fused-ring (bicyclic) bond motifs is 1. The molecule has 0 fully saturated rings. The summed E-state index contributed by atoms with van der Waals surface area (Å²) < 4.78 is 5.15. The molecule has 0 unspecified atom stereocenters. The number of carbonyl (C=O) groups is 1. The van der Waals surface area contributed by atoms with Crippen molar-refractivity contribution >= 4 is 22.8 Å². The molecule has 0 saturated heterocycles. The number of hydrogen-bond donors (Lipinski definition) is 1. The molecule has 7 heteroatoms. The number of rotatable bonds is 5. The lowest BCUT2D eigenvalue weighted by molar-refractivity contribution is 0.0944. The maximum atomic E-state index is 12.0. The fourth-order valence-corrected chi connectivity index (χ4v) is 3.38. The van der Waals surface area contributed by atoms with E-state index in [9.17, 15) is 4.79 Å². The van der Waals surface area contributed by atoms with Gasteiger partial charge in [0.15, 0.2) is 10.9 Å². The van der Waals surface area contributed by atoms with E-state index < -0.39 is 0 Å². The molecule has 0 aromatic carbocycles. The minimum Gasteiger partial charge on any atom is -0.360 e. The van der Waals surface area contributed by atoms with Crippen molar-refractivity contribution in [1.29, 1.82) is 0 Å². The lowest BCUT2D eigenvalue weighted by Gasteiger charge is -2.25. The summed E-state index contributed by atoms with van der Waals surface area (Å²) in [6.45, 7) is 6.53. The van der Waals surface area contributed by atoms with Crippen LogP contribution in [0.25, 0.3) is 0 Å². The molecule has 0 radical (unpaired) electrons. The van der Waals surface area contributed by atoms with Gasteiger partial charge < -0.3 is 14.7 Å². The SMILES string of the molecule is CC(C)c1cc(C(=O)NCCC2=CSC3=NCCCN23)no1. The van der Waals surface area contributed by atoms with E-state index in [2.05, 4.69) is 25.8 Å². The van der Waals surface area contributed by atoms with Crippen LogP contribution in [-0.2, 0) is 0 Å². The summed E-state index contributed by atoms with van der Waals surface area (Å²) in [6, 6.07) is 1.71. The molecule has 3 heterocycles. The normalized spacial score (nSPS) is 17.3. The molecule has 0 spiro atoms. The molecule has 22 heavy (non-hydrogen) atoms. The third-order valence-corrected chi connectivity index (χ3v) is 4.61. The zero-order valence-electron chi connectivity index (χ0n) is 12.8. The zero-order valence-corrected chi connectivity index (χ0v) is 13.7. The Bertz CT molecular complexity index is 621. The number of carbonyl (C=O) groups excluding carboxylic acids is 1. The van der Waals surface area contributed by atoms with Gasteiger partial charge in [-0.1, -0.05) is 30.8 Å². The minimum absolute atomic E-state index is 0.186. The molecule has 0 aliphatic carbocycles. The number of nitrogens with zero attached hydrogens (tertiary/aromatic N) is 3. The Labute approximate surface area is 134 Å². The topological polar surface area (TPSA) is 70.7 Å². The third kappa shape index (κ3) is 3.19. The quantitative estimate of drug-likeness (QED) is 0.903. The van der Waals surface area contributed by atoms with Crippen molar-refractivity contribution in [2.45, 2.75) is 32.6 Å². The molecule has 1 aromatic rings. The van der Waals surface area contributed by atoms with Gasteiger partial charge in [0, 0.05) is 43.7 Å². The highest BCUT2D eigenvalue weighted by atomic mass is 32.2. The second-order valence-corrected chi connectivity index (χ2v) is 6.51. The van der Waals surface area contributed by atoms with Crippen LogP contribution in [0.4, 0.5) is 0 Å². The standard InChI is InChI=1S/C15H20N4O2S/c1-10(2)13-8-12(18-21-13)14(20)16-6-4-11-9-22-15-17-5-3-7-19(11)15/h8-10H,3-7H2,1-2H3,(H,16,20). The van der Waals surface area contributed by atoms with Crippen molar-refractivity contribution < 1.29 is 9.32 Å². The largest absolute Gasteiger partial charge is 0.360 e. The van der Waals surface area contributed by atoms with Gasteiger partial charge in [0.05, 0.1) is 0 Å². The Balaban J connectivity index is 1.49. The van der Waals surface area contributed by atoms with Gasteiger partial charge in [-0.25, -0.2) is 0 Å². The van der Waals surface area contributed by atoms with Gasteiger partial charge in [0.2, 0.25) is 0 Å². The van der Waals surface area contributed by atoms with Gasteiger partial charge in [0.1, 0.15) is 5.76 Å². The van der Waals surface area contributed by atoms with Crippen molar-refractivity contribution in [3.63, 3.8) is 0 Å². The maximum absolute atomic E-state index is 12.0. The van der Waals surface area contributed by atoms with E-state index in [1.807, 2.05) is 13.8 Å². The molecule has 0 bridgehead atoms. The number of hydrogen-bond acceptors (Lipinski definition) is 6. The van der Waals surface area contributed by atoms with Crippen LogP contribution in [0.3, 0.4) is 0 Å². The predicted molar refractivity (Wildman–Crippen MR) is 86.8 cm³/mol. The van der Waals surface area contributed by atoms with Gasteiger partial charge in [0.25, 0.3) is 5.91 Å². The van der Waals surface area contributed by atoms with Gasteiger partial charge >= 0.3 is 0 Å². The summed E-state index contributed by atoms with van der Waals surface area (Å²) in [7, 11) is 0. The van der Waals surface area contributed by atoms with Crippen LogP contribution >= 0.6 is 11.8 Å². The Hall–Kier alpha value is -1.76. The van der Waals surface area contributed by atoms with Crippen LogP contribution in [0.2, 0.25) is 0 Å². The van der Waals surface area contributed by atoms with Gasteiger partial charge in [-0.05, 0) is 11.8 Å². The fourth-order valence-electron chi connectivity index (χ4n) is 2.39. The average molecular weight is 320 g/mol. The summed E-state index contributed by atoms with van der Waals surface area (Å²) in [5, 5.41) is 9.93. The van der Waals surface area contributed by atoms with Gasteiger partial charge in [-0.2, -0.15) is 0 Å². The van der Waals surface area contributed by atoms with Crippen LogP contribution in [0.1, 0.15) is 48.9 Å². The van der Waals surface area contributed by atoms with E-state index in [1.54, 1.807) is 17.8 Å². The monoisotopic (exact) mass is 320 g/mol. The second-order valence-electron chi connectivity index (χ2n) is 5.67. The van der Waals surface area contributed by atoms with Crippen LogP contribution in [0, 0.1) is 0 Å². The summed E-state index contributed by atoms with van der Waals surface area (Å²) in [5.74, 6) is 0.773. The molecule has 1 N–H and O–H groups in total. The van der Waals surface area contributed by atoms with Crippen LogP contribution in [0.5, 0.6) is 0 Å². The molecule has 0 atom stereocenters. The number of amides is 1. The zero-order chi connectivity index (χ0) is 15.5. The molecular weight excluding hydrogens is 300 g/mol. The number of thioether (sulfide) groups is 1. The summed E-state index contributed by atoms with van der Waals surface area (Å²) in [5.41, 5.74) is 1.57. The van der Waals surface area contributed by atoms with Crippen LogP contribution < -0.4 is 5.32 Å². The highest BCUT2D eigenvalue weighted by molar-refractivity contribution is 8.16. The van der Waals surface area contributed by atoms with E-state index in [1.165, 1.54) is 5.70 Å². The van der Waals surface area contributed by atoms with E-state index in [0.29, 0.717) is 12.2 Å². The molecular formula is C15H20N4O2S. The summed E-state index contributed by atoms with van der Waals surface area (Å²) in [4.78, 5) is 18.8.